The van der Waals surface area contributed by atoms with E-state index >= 15 is 0 Å². The monoisotopic (exact) mass is 197 g/mol. The molecule has 1 aliphatic carbocycles. The summed E-state index contributed by atoms with van der Waals surface area (Å²) in [6.07, 6.45) is 8.39. The summed E-state index contributed by atoms with van der Waals surface area (Å²) in [4.78, 5) is 0. The van der Waals surface area contributed by atoms with E-state index in [1.165, 1.54) is 45.1 Å². The maximum Gasteiger partial charge on any atom is 0.00952 e. The molecule has 1 nitrogen and oxygen atoms in total. The molecule has 0 heterocycles. The van der Waals surface area contributed by atoms with Crippen molar-refractivity contribution in [2.24, 2.45) is 11.8 Å². The van der Waals surface area contributed by atoms with Gasteiger partial charge >= 0.3 is 0 Å². The maximum absolute atomic E-state index is 3.72. The minimum atomic E-state index is 0.783. The van der Waals surface area contributed by atoms with Crippen LogP contribution < -0.4 is 5.32 Å². The second kappa shape index (κ2) is 6.44. The van der Waals surface area contributed by atoms with Crippen molar-refractivity contribution in [3.63, 3.8) is 0 Å². The van der Waals surface area contributed by atoms with Crippen LogP contribution in [0.15, 0.2) is 0 Å². The molecular formula is C13H27N. The van der Waals surface area contributed by atoms with Crippen LogP contribution in [0, 0.1) is 11.8 Å². The highest BCUT2D eigenvalue weighted by molar-refractivity contribution is 4.82. The fourth-order valence-electron chi connectivity index (χ4n) is 2.87. The largest absolute Gasteiger partial charge is 0.314 e. The van der Waals surface area contributed by atoms with Crippen LogP contribution in [0.3, 0.4) is 0 Å². The van der Waals surface area contributed by atoms with Crippen LogP contribution in [0.5, 0.6) is 0 Å². The Hall–Kier alpha value is -0.0400. The number of rotatable bonds is 5. The second-order valence-corrected chi connectivity index (χ2v) is 4.89. The highest BCUT2D eigenvalue weighted by Gasteiger charge is 2.27. The number of hydrogen-bond donors (Lipinski definition) is 1. The van der Waals surface area contributed by atoms with E-state index in [2.05, 4.69) is 26.1 Å². The third kappa shape index (κ3) is 3.27. The molecule has 3 atom stereocenters. The lowest BCUT2D eigenvalue weighted by molar-refractivity contribution is 0.190. The minimum absolute atomic E-state index is 0.783. The van der Waals surface area contributed by atoms with Crippen molar-refractivity contribution in [1.29, 1.82) is 0 Å². The number of nitrogens with one attached hydrogen (secondary N) is 1. The summed E-state index contributed by atoms with van der Waals surface area (Å²) in [5, 5.41) is 3.72. The predicted molar refractivity (Wildman–Crippen MR) is 63.5 cm³/mol. The Morgan fingerprint density at radius 3 is 2.50 bits per heavy atom. The van der Waals surface area contributed by atoms with Crippen molar-refractivity contribution in [2.75, 3.05) is 6.54 Å². The van der Waals surface area contributed by atoms with Crippen molar-refractivity contribution in [3.05, 3.63) is 0 Å². The van der Waals surface area contributed by atoms with Crippen molar-refractivity contribution >= 4 is 0 Å². The Kier molecular flexibility index (Phi) is 5.54. The zero-order valence-corrected chi connectivity index (χ0v) is 10.2. The first kappa shape index (κ1) is 12.0. The maximum atomic E-state index is 3.72. The second-order valence-electron chi connectivity index (χ2n) is 4.89. The van der Waals surface area contributed by atoms with Gasteiger partial charge in [0.15, 0.2) is 0 Å². The van der Waals surface area contributed by atoms with Crippen molar-refractivity contribution in [3.8, 4) is 0 Å². The van der Waals surface area contributed by atoms with Crippen LogP contribution in [0.1, 0.15) is 59.3 Å². The van der Waals surface area contributed by atoms with E-state index < -0.39 is 0 Å². The van der Waals surface area contributed by atoms with Gasteiger partial charge in [0.1, 0.15) is 0 Å². The Morgan fingerprint density at radius 2 is 1.93 bits per heavy atom. The quantitative estimate of drug-likeness (QED) is 0.710. The molecule has 0 aromatic rings. The van der Waals surface area contributed by atoms with E-state index in [1.807, 2.05) is 0 Å². The standard InChI is InChI=1S/C13H27N/c1-4-10-14-13(5-2)12-9-7-6-8-11(12)3/h11-14H,4-10H2,1-3H3. The van der Waals surface area contributed by atoms with Gasteiger partial charge in [-0.2, -0.15) is 0 Å². The van der Waals surface area contributed by atoms with E-state index in [0.29, 0.717) is 0 Å². The average Bonchev–Trinajstić information content (AvgIpc) is 2.21. The van der Waals surface area contributed by atoms with E-state index in [4.69, 9.17) is 0 Å². The van der Waals surface area contributed by atoms with Crippen LogP contribution in [0.25, 0.3) is 0 Å². The number of hydrogen-bond acceptors (Lipinski definition) is 1. The molecule has 1 rings (SSSR count). The van der Waals surface area contributed by atoms with Gasteiger partial charge in [-0.15, -0.1) is 0 Å². The lowest BCUT2D eigenvalue weighted by atomic mass is 9.75. The van der Waals surface area contributed by atoms with Gasteiger partial charge in [-0.1, -0.05) is 40.0 Å². The van der Waals surface area contributed by atoms with Gasteiger partial charge in [0, 0.05) is 6.04 Å². The minimum Gasteiger partial charge on any atom is -0.314 e. The first-order valence-corrected chi connectivity index (χ1v) is 6.53. The third-order valence-corrected chi connectivity index (χ3v) is 3.79. The molecule has 0 spiro atoms. The molecule has 0 amide bonds. The Bertz CT molecular complexity index is 144. The van der Waals surface area contributed by atoms with Crippen molar-refractivity contribution < 1.29 is 0 Å². The summed E-state index contributed by atoms with van der Waals surface area (Å²) in [5.74, 6) is 1.89. The van der Waals surface area contributed by atoms with E-state index in [9.17, 15) is 0 Å². The average molecular weight is 197 g/mol. The normalized spacial score (nSPS) is 30.2. The summed E-state index contributed by atoms with van der Waals surface area (Å²) in [6, 6.07) is 0.783. The van der Waals surface area contributed by atoms with Gasteiger partial charge in [-0.25, -0.2) is 0 Å². The SMILES string of the molecule is CCCNC(CC)C1CCCCC1C. The summed E-state index contributed by atoms with van der Waals surface area (Å²) in [7, 11) is 0. The molecule has 1 heteroatoms. The highest BCUT2D eigenvalue weighted by atomic mass is 14.9. The zero-order chi connectivity index (χ0) is 10.4. The van der Waals surface area contributed by atoms with Crippen LogP contribution in [0.4, 0.5) is 0 Å². The third-order valence-electron chi connectivity index (χ3n) is 3.79. The molecule has 1 fully saturated rings. The predicted octanol–water partition coefficient (Wildman–Crippen LogP) is 3.59. The van der Waals surface area contributed by atoms with Gasteiger partial charge in [-0.05, 0) is 37.6 Å². The van der Waals surface area contributed by atoms with Crippen LogP contribution in [-0.2, 0) is 0 Å². The molecule has 1 N–H and O–H groups in total. The molecule has 1 aliphatic rings. The molecule has 84 valence electrons. The molecule has 0 aliphatic heterocycles. The first-order chi connectivity index (χ1) is 6.79. The smallest absolute Gasteiger partial charge is 0.00952 e. The highest BCUT2D eigenvalue weighted by Crippen LogP contribution is 2.32. The molecule has 0 aromatic heterocycles. The topological polar surface area (TPSA) is 12.0 Å². The van der Waals surface area contributed by atoms with Gasteiger partial charge in [0.2, 0.25) is 0 Å². The van der Waals surface area contributed by atoms with Crippen LogP contribution in [-0.4, -0.2) is 12.6 Å². The van der Waals surface area contributed by atoms with E-state index in [0.717, 1.165) is 17.9 Å². The lowest BCUT2D eigenvalue weighted by Gasteiger charge is -2.35. The Morgan fingerprint density at radius 1 is 1.21 bits per heavy atom. The van der Waals surface area contributed by atoms with E-state index in [1.54, 1.807) is 0 Å². The van der Waals surface area contributed by atoms with Crippen LogP contribution in [0.2, 0.25) is 0 Å². The Labute approximate surface area is 89.7 Å². The Balaban J connectivity index is 2.40. The molecule has 0 bridgehead atoms. The molecule has 14 heavy (non-hydrogen) atoms. The van der Waals surface area contributed by atoms with Gasteiger partial charge in [0.05, 0.1) is 0 Å². The summed E-state index contributed by atoms with van der Waals surface area (Å²) in [5.41, 5.74) is 0. The molecule has 1 saturated carbocycles. The molecule has 0 saturated heterocycles. The van der Waals surface area contributed by atoms with Gasteiger partial charge in [0.25, 0.3) is 0 Å². The van der Waals surface area contributed by atoms with E-state index in [-0.39, 0.29) is 0 Å². The lowest BCUT2D eigenvalue weighted by Crippen LogP contribution is -2.40. The fraction of sp³-hybridized carbons (Fsp3) is 1.00. The summed E-state index contributed by atoms with van der Waals surface area (Å²) >= 11 is 0. The summed E-state index contributed by atoms with van der Waals surface area (Å²) < 4.78 is 0. The fourth-order valence-corrected chi connectivity index (χ4v) is 2.87. The van der Waals surface area contributed by atoms with Gasteiger partial charge < -0.3 is 5.32 Å². The first-order valence-electron chi connectivity index (χ1n) is 6.53. The molecule has 0 aromatic carbocycles. The zero-order valence-electron chi connectivity index (χ0n) is 10.2. The van der Waals surface area contributed by atoms with Gasteiger partial charge in [-0.3, -0.25) is 0 Å². The van der Waals surface area contributed by atoms with Crippen LogP contribution >= 0.6 is 0 Å². The van der Waals surface area contributed by atoms with Crippen molar-refractivity contribution in [2.45, 2.75) is 65.3 Å². The summed E-state index contributed by atoms with van der Waals surface area (Å²) in [6.45, 7) is 8.22. The van der Waals surface area contributed by atoms with Crippen molar-refractivity contribution in [1.82, 2.24) is 5.32 Å². The molecular weight excluding hydrogens is 170 g/mol. The molecule has 3 unspecified atom stereocenters. The molecule has 0 radical (unpaired) electrons.